The Morgan fingerprint density at radius 1 is 1.15 bits per heavy atom. The van der Waals surface area contributed by atoms with Gasteiger partial charge in [-0.05, 0) is 18.4 Å². The Morgan fingerprint density at radius 3 is 2.58 bits per heavy atom. The van der Waals surface area contributed by atoms with Crippen molar-refractivity contribution in [1.29, 1.82) is 0 Å². The normalized spacial score (nSPS) is 16.9. The van der Waals surface area contributed by atoms with Gasteiger partial charge < -0.3 is 9.47 Å². The SMILES string of the molecule is CCn1c(=O)c2c(nc3n2CC(C)CN3Cc2ccccc2)n(C)c1=O. The van der Waals surface area contributed by atoms with Crippen LogP contribution in [0.15, 0.2) is 39.9 Å². The largest absolute Gasteiger partial charge is 0.338 e. The summed E-state index contributed by atoms with van der Waals surface area (Å²) in [5.41, 5.74) is 1.61. The minimum atomic E-state index is -0.317. The minimum absolute atomic E-state index is 0.252. The molecule has 2 aromatic heterocycles. The first-order chi connectivity index (χ1) is 12.5. The van der Waals surface area contributed by atoms with Gasteiger partial charge in [0.25, 0.3) is 5.56 Å². The van der Waals surface area contributed by atoms with E-state index in [0.717, 1.165) is 25.6 Å². The topological polar surface area (TPSA) is 65.1 Å². The highest BCUT2D eigenvalue weighted by atomic mass is 16.2. The van der Waals surface area contributed by atoms with Crippen molar-refractivity contribution in [3.05, 3.63) is 56.7 Å². The first-order valence-corrected chi connectivity index (χ1v) is 9.00. The van der Waals surface area contributed by atoms with Crippen LogP contribution >= 0.6 is 0 Å². The summed E-state index contributed by atoms with van der Waals surface area (Å²) in [6, 6.07) is 10.2. The van der Waals surface area contributed by atoms with Crippen molar-refractivity contribution in [2.24, 2.45) is 13.0 Å². The van der Waals surface area contributed by atoms with Crippen LogP contribution in [0, 0.1) is 5.92 Å². The molecule has 7 nitrogen and oxygen atoms in total. The summed E-state index contributed by atoms with van der Waals surface area (Å²) in [5, 5.41) is 0. The summed E-state index contributed by atoms with van der Waals surface area (Å²) in [6.07, 6.45) is 0. The zero-order valence-electron chi connectivity index (χ0n) is 15.3. The minimum Gasteiger partial charge on any atom is -0.338 e. The van der Waals surface area contributed by atoms with Gasteiger partial charge in [-0.2, -0.15) is 4.98 Å². The molecule has 136 valence electrons. The lowest BCUT2D eigenvalue weighted by Gasteiger charge is -2.33. The highest BCUT2D eigenvalue weighted by molar-refractivity contribution is 5.75. The van der Waals surface area contributed by atoms with Gasteiger partial charge in [0.1, 0.15) is 0 Å². The summed E-state index contributed by atoms with van der Waals surface area (Å²) < 4.78 is 4.75. The third-order valence-corrected chi connectivity index (χ3v) is 5.05. The fourth-order valence-electron chi connectivity index (χ4n) is 3.82. The molecule has 0 amide bonds. The number of hydrogen-bond acceptors (Lipinski definition) is 4. The number of anilines is 1. The van der Waals surface area contributed by atoms with Gasteiger partial charge in [-0.1, -0.05) is 37.3 Å². The fraction of sp³-hybridized carbons (Fsp3) is 0.421. The Kier molecular flexibility index (Phi) is 3.94. The first kappa shape index (κ1) is 16.6. The van der Waals surface area contributed by atoms with Gasteiger partial charge in [0.05, 0.1) is 0 Å². The smallest absolute Gasteiger partial charge is 0.332 e. The highest BCUT2D eigenvalue weighted by Crippen LogP contribution is 2.28. The van der Waals surface area contributed by atoms with Crippen LogP contribution in [-0.4, -0.2) is 25.2 Å². The van der Waals surface area contributed by atoms with E-state index < -0.39 is 0 Å². The summed E-state index contributed by atoms with van der Waals surface area (Å²) in [7, 11) is 1.68. The lowest BCUT2D eigenvalue weighted by Crippen LogP contribution is -2.40. The van der Waals surface area contributed by atoms with Gasteiger partial charge in [-0.25, -0.2) is 4.79 Å². The Labute approximate surface area is 151 Å². The third-order valence-electron chi connectivity index (χ3n) is 5.05. The maximum absolute atomic E-state index is 12.9. The van der Waals surface area contributed by atoms with E-state index in [0.29, 0.717) is 23.6 Å². The van der Waals surface area contributed by atoms with E-state index in [1.807, 2.05) is 29.7 Å². The summed E-state index contributed by atoms with van der Waals surface area (Å²) >= 11 is 0. The van der Waals surface area contributed by atoms with Crippen molar-refractivity contribution >= 4 is 17.1 Å². The summed E-state index contributed by atoms with van der Waals surface area (Å²) in [5.74, 6) is 1.15. The molecule has 3 aromatic rings. The molecule has 1 unspecified atom stereocenters. The molecule has 0 spiro atoms. The van der Waals surface area contributed by atoms with E-state index in [1.165, 1.54) is 14.7 Å². The van der Waals surface area contributed by atoms with Crippen LogP contribution in [0.5, 0.6) is 0 Å². The second kappa shape index (κ2) is 6.16. The molecule has 0 saturated heterocycles. The molecule has 1 aliphatic rings. The fourth-order valence-corrected chi connectivity index (χ4v) is 3.82. The third kappa shape index (κ3) is 2.46. The van der Waals surface area contributed by atoms with Crippen molar-refractivity contribution in [3.63, 3.8) is 0 Å². The molecule has 0 bridgehead atoms. The lowest BCUT2D eigenvalue weighted by atomic mass is 10.1. The molecule has 4 rings (SSSR count). The Bertz CT molecular complexity index is 1080. The van der Waals surface area contributed by atoms with E-state index in [-0.39, 0.29) is 11.2 Å². The van der Waals surface area contributed by atoms with Crippen LogP contribution in [0.25, 0.3) is 11.2 Å². The first-order valence-electron chi connectivity index (χ1n) is 9.00. The maximum Gasteiger partial charge on any atom is 0.332 e. The zero-order chi connectivity index (χ0) is 18.4. The van der Waals surface area contributed by atoms with Crippen LogP contribution in [0.3, 0.4) is 0 Å². The van der Waals surface area contributed by atoms with Gasteiger partial charge in [-0.3, -0.25) is 13.9 Å². The van der Waals surface area contributed by atoms with Crippen molar-refractivity contribution in [3.8, 4) is 0 Å². The average Bonchev–Trinajstić information content (AvgIpc) is 3.01. The van der Waals surface area contributed by atoms with Crippen LogP contribution in [0.2, 0.25) is 0 Å². The average molecular weight is 353 g/mol. The van der Waals surface area contributed by atoms with Crippen LogP contribution in [0.4, 0.5) is 5.95 Å². The molecule has 0 saturated carbocycles. The molecule has 0 N–H and O–H groups in total. The molecule has 1 aliphatic heterocycles. The molecule has 26 heavy (non-hydrogen) atoms. The van der Waals surface area contributed by atoms with Crippen LogP contribution < -0.4 is 16.1 Å². The van der Waals surface area contributed by atoms with Gasteiger partial charge in [0, 0.05) is 33.2 Å². The lowest BCUT2D eigenvalue weighted by molar-refractivity contribution is 0.435. The van der Waals surface area contributed by atoms with Gasteiger partial charge >= 0.3 is 5.69 Å². The highest BCUT2D eigenvalue weighted by Gasteiger charge is 2.28. The Hall–Kier alpha value is -2.83. The van der Waals surface area contributed by atoms with Crippen molar-refractivity contribution in [2.45, 2.75) is 33.5 Å². The number of nitrogens with zero attached hydrogens (tertiary/aromatic N) is 5. The number of hydrogen-bond donors (Lipinski definition) is 0. The monoisotopic (exact) mass is 353 g/mol. The number of aromatic nitrogens is 4. The number of aryl methyl sites for hydroxylation is 1. The van der Waals surface area contributed by atoms with E-state index in [4.69, 9.17) is 4.98 Å². The summed E-state index contributed by atoms with van der Waals surface area (Å²) in [6.45, 7) is 6.66. The number of rotatable bonds is 3. The molecule has 1 aromatic carbocycles. The number of benzene rings is 1. The van der Waals surface area contributed by atoms with E-state index in [9.17, 15) is 9.59 Å². The standard InChI is InChI=1S/C19H23N5O2/c1-4-23-17(25)15-16(21(3)19(23)26)20-18-22(10-13(2)11-24(15)18)12-14-8-6-5-7-9-14/h5-9,13H,4,10-12H2,1-3H3. The predicted octanol–water partition coefficient (Wildman–Crippen LogP) is 1.57. The van der Waals surface area contributed by atoms with Crippen molar-refractivity contribution in [1.82, 2.24) is 18.7 Å². The number of imidazole rings is 1. The molecule has 1 atom stereocenters. The molecule has 0 aliphatic carbocycles. The Morgan fingerprint density at radius 2 is 1.88 bits per heavy atom. The van der Waals surface area contributed by atoms with Gasteiger partial charge in [-0.15, -0.1) is 0 Å². The van der Waals surface area contributed by atoms with Crippen molar-refractivity contribution < 1.29 is 0 Å². The zero-order valence-corrected chi connectivity index (χ0v) is 15.3. The molecule has 7 heteroatoms. The molecule has 0 radical (unpaired) electrons. The van der Waals surface area contributed by atoms with Gasteiger partial charge in [0.2, 0.25) is 5.95 Å². The van der Waals surface area contributed by atoms with E-state index >= 15 is 0 Å². The second-order valence-corrected chi connectivity index (χ2v) is 7.06. The molecule has 3 heterocycles. The van der Waals surface area contributed by atoms with E-state index in [1.54, 1.807) is 7.05 Å². The molecular weight excluding hydrogens is 330 g/mol. The van der Waals surface area contributed by atoms with Crippen LogP contribution in [0.1, 0.15) is 19.4 Å². The van der Waals surface area contributed by atoms with Crippen LogP contribution in [-0.2, 0) is 26.7 Å². The molecular formula is C19H23N5O2. The predicted molar refractivity (Wildman–Crippen MR) is 102 cm³/mol. The van der Waals surface area contributed by atoms with E-state index in [2.05, 4.69) is 24.0 Å². The Balaban J connectivity index is 1.93. The number of fused-ring (bicyclic) bond motifs is 3. The van der Waals surface area contributed by atoms with Gasteiger partial charge in [0.15, 0.2) is 11.2 Å². The quantitative estimate of drug-likeness (QED) is 0.717. The maximum atomic E-state index is 12.9. The molecule has 0 fully saturated rings. The van der Waals surface area contributed by atoms with Crippen molar-refractivity contribution in [2.75, 3.05) is 11.4 Å². The second-order valence-electron chi connectivity index (χ2n) is 7.06. The summed E-state index contributed by atoms with van der Waals surface area (Å²) in [4.78, 5) is 32.3.